The van der Waals surface area contributed by atoms with E-state index < -0.39 is 67.7 Å². The second-order valence-corrected chi connectivity index (χ2v) is 6.68. The van der Waals surface area contributed by atoms with Crippen molar-refractivity contribution in [3.05, 3.63) is 0 Å². The molecule has 0 aromatic heterocycles. The molecule has 5 unspecified atom stereocenters. The van der Waals surface area contributed by atoms with E-state index >= 15 is 0 Å². The first-order valence-corrected chi connectivity index (χ1v) is 8.94. The van der Waals surface area contributed by atoms with Crippen LogP contribution >= 0.6 is 12.0 Å². The SMILES string of the molecule is CCO[C@@H]1CC(O)[C@H](OC2O[C@H](CO)[C@@H](O)C(O)C2SO)C(CO)O1. The van der Waals surface area contributed by atoms with Gasteiger partial charge in [0.15, 0.2) is 12.6 Å². The molecule has 148 valence electrons. The van der Waals surface area contributed by atoms with Crippen molar-refractivity contribution in [1.82, 2.24) is 0 Å². The lowest BCUT2D eigenvalue weighted by Crippen LogP contribution is -2.61. The molecule has 0 aliphatic carbocycles. The van der Waals surface area contributed by atoms with Gasteiger partial charge < -0.3 is 49.0 Å². The fourth-order valence-corrected chi connectivity index (χ4v) is 3.47. The summed E-state index contributed by atoms with van der Waals surface area (Å²) in [7, 11) is 0. The molecule has 2 aliphatic rings. The molecule has 6 N–H and O–H groups in total. The summed E-state index contributed by atoms with van der Waals surface area (Å²) in [6.45, 7) is 1.12. The lowest BCUT2D eigenvalue weighted by atomic mass is 9.99. The van der Waals surface area contributed by atoms with Crippen LogP contribution in [0, 0.1) is 0 Å². The van der Waals surface area contributed by atoms with E-state index in [1.165, 1.54) is 0 Å². The minimum atomic E-state index is -1.42. The molecular formula is C14H26O10S. The number of aliphatic hydroxyl groups is 5. The van der Waals surface area contributed by atoms with Crippen molar-refractivity contribution >= 4 is 12.0 Å². The van der Waals surface area contributed by atoms with Crippen LogP contribution < -0.4 is 0 Å². The lowest BCUT2D eigenvalue weighted by Gasteiger charge is -2.45. The predicted octanol–water partition coefficient (Wildman–Crippen LogP) is -2.11. The van der Waals surface area contributed by atoms with Crippen LogP contribution in [0.25, 0.3) is 0 Å². The zero-order valence-corrected chi connectivity index (χ0v) is 14.6. The normalized spacial score (nSPS) is 45.5. The van der Waals surface area contributed by atoms with Crippen molar-refractivity contribution in [1.29, 1.82) is 0 Å². The second-order valence-electron chi connectivity index (χ2n) is 5.92. The van der Waals surface area contributed by atoms with E-state index in [1.807, 2.05) is 0 Å². The third-order valence-corrected chi connectivity index (χ3v) is 5.02. The van der Waals surface area contributed by atoms with Gasteiger partial charge in [0.25, 0.3) is 0 Å². The van der Waals surface area contributed by atoms with E-state index in [9.17, 15) is 30.1 Å². The van der Waals surface area contributed by atoms with Crippen LogP contribution in [0.15, 0.2) is 0 Å². The first kappa shape index (κ1) is 21.3. The fraction of sp³-hybridized carbons (Fsp3) is 1.00. The minimum Gasteiger partial charge on any atom is -0.394 e. The van der Waals surface area contributed by atoms with Crippen molar-refractivity contribution in [2.75, 3.05) is 19.8 Å². The molecule has 0 radical (unpaired) electrons. The maximum atomic E-state index is 10.3. The highest BCUT2D eigenvalue weighted by Crippen LogP contribution is 2.33. The van der Waals surface area contributed by atoms with Gasteiger partial charge in [0.2, 0.25) is 0 Å². The number of rotatable bonds is 7. The van der Waals surface area contributed by atoms with Crippen LogP contribution in [0.2, 0.25) is 0 Å². The molecule has 2 rings (SSSR count). The fourth-order valence-electron chi connectivity index (χ4n) is 2.96. The van der Waals surface area contributed by atoms with Gasteiger partial charge in [-0.1, -0.05) is 0 Å². The summed E-state index contributed by atoms with van der Waals surface area (Å²) in [5, 5.41) is 47.9. The molecule has 2 saturated heterocycles. The van der Waals surface area contributed by atoms with E-state index in [2.05, 4.69) is 0 Å². The monoisotopic (exact) mass is 386 g/mol. The van der Waals surface area contributed by atoms with Gasteiger partial charge in [-0.05, 0) is 19.0 Å². The molecule has 0 aromatic carbocycles. The zero-order valence-electron chi connectivity index (χ0n) is 13.7. The van der Waals surface area contributed by atoms with Crippen LogP contribution in [0.1, 0.15) is 13.3 Å². The molecule has 2 aliphatic heterocycles. The molecule has 2 fully saturated rings. The molecular weight excluding hydrogens is 360 g/mol. The predicted molar refractivity (Wildman–Crippen MR) is 84.6 cm³/mol. The summed E-state index contributed by atoms with van der Waals surface area (Å²) in [6.07, 6.45) is -8.74. The van der Waals surface area contributed by atoms with Crippen molar-refractivity contribution < 1.29 is 49.0 Å². The molecule has 2 heterocycles. The Hall–Kier alpha value is -0.0500. The van der Waals surface area contributed by atoms with Gasteiger partial charge in [0.1, 0.15) is 35.8 Å². The van der Waals surface area contributed by atoms with Crippen molar-refractivity contribution in [3.8, 4) is 0 Å². The van der Waals surface area contributed by atoms with E-state index in [4.69, 9.17) is 18.9 Å². The second kappa shape index (κ2) is 9.76. The summed E-state index contributed by atoms with van der Waals surface area (Å²) in [4.78, 5) is 0. The highest BCUT2D eigenvalue weighted by molar-refractivity contribution is 7.94. The topological polar surface area (TPSA) is 158 Å². The van der Waals surface area contributed by atoms with E-state index in [-0.39, 0.29) is 18.5 Å². The van der Waals surface area contributed by atoms with E-state index in [0.717, 1.165) is 0 Å². The number of hydrogen-bond donors (Lipinski definition) is 6. The Balaban J connectivity index is 2.09. The molecule has 0 spiro atoms. The molecule has 0 bridgehead atoms. The molecule has 0 saturated carbocycles. The minimum absolute atomic E-state index is 0.104. The van der Waals surface area contributed by atoms with Crippen LogP contribution in [-0.4, -0.2) is 104 Å². The Bertz CT molecular complexity index is 402. The first-order valence-electron chi connectivity index (χ1n) is 8.10. The Kier molecular flexibility index (Phi) is 8.30. The van der Waals surface area contributed by atoms with Crippen LogP contribution in [0.4, 0.5) is 0 Å². The first-order chi connectivity index (χ1) is 12.0. The van der Waals surface area contributed by atoms with Crippen molar-refractivity contribution in [2.45, 2.75) is 67.8 Å². The van der Waals surface area contributed by atoms with E-state index in [0.29, 0.717) is 6.61 Å². The zero-order chi connectivity index (χ0) is 18.6. The van der Waals surface area contributed by atoms with Gasteiger partial charge in [0, 0.05) is 13.0 Å². The maximum Gasteiger partial charge on any atom is 0.175 e. The highest BCUT2D eigenvalue weighted by Gasteiger charge is 2.49. The third kappa shape index (κ3) is 4.82. The average molecular weight is 386 g/mol. The summed E-state index contributed by atoms with van der Waals surface area (Å²) in [5.41, 5.74) is 0. The molecule has 0 aromatic rings. The average Bonchev–Trinajstić information content (AvgIpc) is 2.60. The number of ether oxygens (including phenoxy) is 4. The Labute approximate surface area is 149 Å². The van der Waals surface area contributed by atoms with Gasteiger partial charge in [-0.2, -0.15) is 0 Å². The van der Waals surface area contributed by atoms with Gasteiger partial charge in [-0.15, -0.1) is 0 Å². The smallest absolute Gasteiger partial charge is 0.175 e. The summed E-state index contributed by atoms with van der Waals surface area (Å²) < 4.78 is 31.3. The maximum absolute atomic E-state index is 10.3. The van der Waals surface area contributed by atoms with Crippen LogP contribution in [0.5, 0.6) is 0 Å². The van der Waals surface area contributed by atoms with Gasteiger partial charge in [-0.25, -0.2) is 0 Å². The van der Waals surface area contributed by atoms with Gasteiger partial charge >= 0.3 is 0 Å². The Morgan fingerprint density at radius 1 is 1.04 bits per heavy atom. The lowest BCUT2D eigenvalue weighted by molar-refractivity contribution is -0.318. The summed E-state index contributed by atoms with van der Waals surface area (Å²) in [5.74, 6) is 0. The Morgan fingerprint density at radius 2 is 1.72 bits per heavy atom. The van der Waals surface area contributed by atoms with Gasteiger partial charge in [-0.3, -0.25) is 0 Å². The van der Waals surface area contributed by atoms with Crippen molar-refractivity contribution in [3.63, 3.8) is 0 Å². The third-order valence-electron chi connectivity index (χ3n) is 4.28. The summed E-state index contributed by atoms with van der Waals surface area (Å²) >= 11 is 0.234. The quantitative estimate of drug-likeness (QED) is 0.266. The molecule has 25 heavy (non-hydrogen) atoms. The largest absolute Gasteiger partial charge is 0.394 e. The molecule has 9 atom stereocenters. The standard InChI is InChI=1S/C14H26O10S/c1-2-21-9-3-6(17)12(8(5-16)22-9)24-14-13(25-20)11(19)10(18)7(4-15)23-14/h6-20H,2-5H2,1H3/t6?,7-,8?,9+,10-,11?,12+,13?,14?/m1/s1. The molecule has 10 nitrogen and oxygen atoms in total. The molecule has 11 heteroatoms. The van der Waals surface area contributed by atoms with E-state index in [1.54, 1.807) is 6.92 Å². The van der Waals surface area contributed by atoms with Crippen LogP contribution in [0.3, 0.4) is 0 Å². The molecule has 0 amide bonds. The summed E-state index contributed by atoms with van der Waals surface area (Å²) in [6, 6.07) is 0. The van der Waals surface area contributed by atoms with Gasteiger partial charge in [0.05, 0.1) is 19.3 Å². The number of hydrogen-bond acceptors (Lipinski definition) is 11. The number of aliphatic hydroxyl groups excluding tert-OH is 5. The van der Waals surface area contributed by atoms with Crippen molar-refractivity contribution in [2.24, 2.45) is 0 Å². The Morgan fingerprint density at radius 3 is 2.28 bits per heavy atom. The van der Waals surface area contributed by atoms with Crippen LogP contribution in [-0.2, 0) is 18.9 Å². The highest BCUT2D eigenvalue weighted by atomic mass is 32.2.